The average molecular weight is 497 g/mol. The van der Waals surface area contributed by atoms with Crippen LogP contribution in [0.15, 0.2) is 47.4 Å². The monoisotopic (exact) mass is 496 g/mol. The van der Waals surface area contributed by atoms with E-state index in [2.05, 4.69) is 5.10 Å². The Morgan fingerprint density at radius 2 is 1.77 bits per heavy atom. The van der Waals surface area contributed by atoms with Crippen LogP contribution >= 0.6 is 0 Å². The molecule has 2 heterocycles. The topological polar surface area (TPSA) is 75.5 Å². The van der Waals surface area contributed by atoms with Gasteiger partial charge in [-0.05, 0) is 80.1 Å². The molecule has 2 aromatic carbocycles. The number of hydrogen-bond donors (Lipinski definition) is 0. The van der Waals surface area contributed by atoms with Crippen LogP contribution in [0.25, 0.3) is 5.69 Å². The van der Waals surface area contributed by atoms with Crippen LogP contribution in [-0.4, -0.2) is 48.0 Å². The van der Waals surface area contributed by atoms with E-state index in [1.54, 1.807) is 39.9 Å². The highest BCUT2D eigenvalue weighted by molar-refractivity contribution is 7.89. The van der Waals surface area contributed by atoms with Crippen molar-refractivity contribution in [2.24, 2.45) is 0 Å². The highest BCUT2D eigenvalue weighted by atomic mass is 32.2. The van der Waals surface area contributed by atoms with E-state index < -0.39 is 10.0 Å². The maximum absolute atomic E-state index is 13.8. The quantitative estimate of drug-likeness (QED) is 0.515. The first-order valence-electron chi connectivity index (χ1n) is 12.2. The van der Waals surface area contributed by atoms with E-state index in [0.717, 1.165) is 53.9 Å². The zero-order chi connectivity index (χ0) is 24.7. The number of hydrogen-bond acceptors (Lipinski definition) is 4. The molecule has 2 aliphatic rings. The smallest absolute Gasteiger partial charge is 0.279 e. The van der Waals surface area contributed by atoms with Crippen LogP contribution in [-0.2, 0) is 29.3 Å². The van der Waals surface area contributed by atoms with E-state index in [1.807, 2.05) is 13.8 Å². The molecule has 0 radical (unpaired) electrons. The molecule has 1 aliphatic carbocycles. The molecule has 184 valence electrons. The Balaban J connectivity index is 1.51. The van der Waals surface area contributed by atoms with Gasteiger partial charge in [-0.2, -0.15) is 9.40 Å². The summed E-state index contributed by atoms with van der Waals surface area (Å²) in [5.41, 5.74) is 4.70. The molecule has 0 spiro atoms. The molecule has 0 bridgehead atoms. The molecule has 0 saturated carbocycles. The Labute approximate surface area is 205 Å². The summed E-state index contributed by atoms with van der Waals surface area (Å²) in [5, 5.41) is 4.68. The minimum Gasteiger partial charge on any atom is -0.307 e. The molecule has 0 N–H and O–H groups in total. The number of amides is 1. The van der Waals surface area contributed by atoms with Gasteiger partial charge in [0.25, 0.3) is 5.91 Å². The minimum absolute atomic E-state index is 0.177. The number of aromatic nitrogens is 2. The molecule has 9 heteroatoms. The second-order valence-electron chi connectivity index (χ2n) is 8.96. The summed E-state index contributed by atoms with van der Waals surface area (Å²) in [5.74, 6) is -0.495. The van der Waals surface area contributed by atoms with Gasteiger partial charge in [0.2, 0.25) is 10.0 Å². The van der Waals surface area contributed by atoms with Crippen LogP contribution in [0, 0.1) is 5.82 Å². The fraction of sp³-hybridized carbons (Fsp3) is 0.385. The van der Waals surface area contributed by atoms with Gasteiger partial charge in [-0.15, -0.1) is 0 Å². The zero-order valence-corrected chi connectivity index (χ0v) is 20.8. The first-order chi connectivity index (χ1) is 16.8. The summed E-state index contributed by atoms with van der Waals surface area (Å²) >= 11 is 0. The lowest BCUT2D eigenvalue weighted by atomic mass is 10.0. The summed E-state index contributed by atoms with van der Waals surface area (Å²) in [6.45, 7) is 5.00. The van der Waals surface area contributed by atoms with E-state index >= 15 is 0 Å². The lowest BCUT2D eigenvalue weighted by Gasteiger charge is -2.30. The van der Waals surface area contributed by atoms with E-state index in [0.29, 0.717) is 31.7 Å². The third-order valence-electron chi connectivity index (χ3n) is 6.96. The van der Waals surface area contributed by atoms with Crippen molar-refractivity contribution in [1.29, 1.82) is 0 Å². The first kappa shape index (κ1) is 23.7. The summed E-state index contributed by atoms with van der Waals surface area (Å²) in [6, 6.07) is 11.2. The van der Waals surface area contributed by atoms with Crippen molar-refractivity contribution in [2.45, 2.75) is 50.8 Å². The Morgan fingerprint density at radius 1 is 1.03 bits per heavy atom. The summed E-state index contributed by atoms with van der Waals surface area (Å²) in [6.07, 6.45) is 3.99. The van der Waals surface area contributed by atoms with Gasteiger partial charge in [0.15, 0.2) is 5.69 Å². The van der Waals surface area contributed by atoms with Crippen LogP contribution in [0.3, 0.4) is 0 Å². The molecule has 0 fully saturated rings. The van der Waals surface area contributed by atoms with Crippen molar-refractivity contribution in [1.82, 2.24) is 14.1 Å². The lowest BCUT2D eigenvalue weighted by Crippen LogP contribution is -2.36. The molecule has 0 saturated heterocycles. The van der Waals surface area contributed by atoms with E-state index in [1.165, 1.54) is 16.4 Å². The molecule has 1 aliphatic heterocycles. The third-order valence-corrected chi connectivity index (χ3v) is 9.01. The summed E-state index contributed by atoms with van der Waals surface area (Å²) < 4.78 is 42.7. The van der Waals surface area contributed by atoms with Gasteiger partial charge < -0.3 is 4.90 Å². The molecular weight excluding hydrogens is 467 g/mol. The van der Waals surface area contributed by atoms with E-state index in [-0.39, 0.29) is 16.6 Å². The number of fused-ring (bicyclic) bond motifs is 2. The van der Waals surface area contributed by atoms with Gasteiger partial charge in [-0.25, -0.2) is 17.5 Å². The van der Waals surface area contributed by atoms with Crippen molar-refractivity contribution in [3.63, 3.8) is 0 Å². The largest absolute Gasteiger partial charge is 0.307 e. The molecule has 1 amide bonds. The van der Waals surface area contributed by atoms with Crippen LogP contribution < -0.4 is 4.90 Å². The number of carbonyl (C=O) groups is 1. The molecular formula is C26H29FN4O3S. The van der Waals surface area contributed by atoms with E-state index in [9.17, 15) is 17.6 Å². The molecule has 1 aromatic heterocycles. The number of carbonyl (C=O) groups excluding carboxylic acids is 1. The van der Waals surface area contributed by atoms with Crippen LogP contribution in [0.4, 0.5) is 10.1 Å². The molecule has 3 aromatic rings. The van der Waals surface area contributed by atoms with E-state index in [4.69, 9.17) is 0 Å². The number of aryl methyl sites for hydroxylation is 1. The molecule has 0 unspecified atom stereocenters. The van der Waals surface area contributed by atoms with Gasteiger partial charge in [0, 0.05) is 36.6 Å². The van der Waals surface area contributed by atoms with Gasteiger partial charge in [0.05, 0.1) is 10.6 Å². The fourth-order valence-corrected chi connectivity index (χ4v) is 6.70. The third kappa shape index (κ3) is 4.06. The predicted molar refractivity (Wildman–Crippen MR) is 132 cm³/mol. The standard InChI is InChI=1S/C26H29FN4O3S/c1-3-29(4-2)35(33,34)21-14-15-23-18(17-21)7-6-16-30(23)26(32)25-22-8-5-9-24(22)31(28-25)20-12-10-19(27)11-13-20/h10-15,17H,3-9,16H2,1-2H3. The number of sulfonamides is 1. The number of halogens is 1. The number of rotatable bonds is 6. The Hall–Kier alpha value is -3.04. The van der Waals surface area contributed by atoms with Crippen molar-refractivity contribution in [3.8, 4) is 5.69 Å². The minimum atomic E-state index is -3.58. The second kappa shape index (κ2) is 9.20. The zero-order valence-electron chi connectivity index (χ0n) is 20.0. The van der Waals surface area contributed by atoms with Crippen molar-refractivity contribution in [2.75, 3.05) is 24.5 Å². The van der Waals surface area contributed by atoms with Crippen molar-refractivity contribution >= 4 is 21.6 Å². The Bertz CT molecular complexity index is 1380. The van der Waals surface area contributed by atoms with Crippen LogP contribution in [0.2, 0.25) is 0 Å². The van der Waals surface area contributed by atoms with Gasteiger partial charge in [-0.1, -0.05) is 13.8 Å². The normalized spacial score (nSPS) is 15.4. The van der Waals surface area contributed by atoms with Crippen molar-refractivity contribution in [3.05, 3.63) is 70.8 Å². The Kier molecular flexibility index (Phi) is 6.23. The molecule has 5 rings (SSSR count). The molecule has 7 nitrogen and oxygen atoms in total. The number of nitrogens with zero attached hydrogens (tertiary/aromatic N) is 4. The maximum Gasteiger partial charge on any atom is 0.279 e. The number of benzene rings is 2. The fourth-order valence-electron chi connectivity index (χ4n) is 5.19. The summed E-state index contributed by atoms with van der Waals surface area (Å²) in [7, 11) is -3.58. The van der Waals surface area contributed by atoms with Gasteiger partial charge in [-0.3, -0.25) is 4.79 Å². The predicted octanol–water partition coefficient (Wildman–Crippen LogP) is 4.12. The van der Waals surface area contributed by atoms with Gasteiger partial charge in [0.1, 0.15) is 5.82 Å². The Morgan fingerprint density at radius 3 is 2.49 bits per heavy atom. The maximum atomic E-state index is 13.8. The lowest BCUT2D eigenvalue weighted by molar-refractivity contribution is 0.0979. The van der Waals surface area contributed by atoms with Crippen LogP contribution in [0.1, 0.15) is 54.0 Å². The van der Waals surface area contributed by atoms with Crippen molar-refractivity contribution < 1.29 is 17.6 Å². The average Bonchev–Trinajstić information content (AvgIpc) is 3.47. The second-order valence-corrected chi connectivity index (χ2v) is 10.9. The molecule has 35 heavy (non-hydrogen) atoms. The highest BCUT2D eigenvalue weighted by Gasteiger charge is 2.33. The van der Waals surface area contributed by atoms with Crippen LogP contribution in [0.5, 0.6) is 0 Å². The first-order valence-corrected chi connectivity index (χ1v) is 13.6. The summed E-state index contributed by atoms with van der Waals surface area (Å²) in [4.78, 5) is 15.8. The van der Waals surface area contributed by atoms with Gasteiger partial charge >= 0.3 is 0 Å². The molecule has 0 atom stereocenters. The highest BCUT2D eigenvalue weighted by Crippen LogP contribution is 2.34. The number of anilines is 1. The SMILES string of the molecule is CCN(CC)S(=O)(=O)c1ccc2c(c1)CCCN2C(=O)c1nn(-c2ccc(F)cc2)c2c1CCC2.